The Hall–Kier alpha value is -1.62. The van der Waals surface area contributed by atoms with E-state index in [0.717, 1.165) is 42.6 Å². The third-order valence-corrected chi connectivity index (χ3v) is 6.96. The summed E-state index contributed by atoms with van der Waals surface area (Å²) in [5, 5.41) is 8.50. The van der Waals surface area contributed by atoms with E-state index in [4.69, 9.17) is 15.8 Å². The summed E-state index contributed by atoms with van der Waals surface area (Å²) in [6.45, 7) is 0. The Morgan fingerprint density at radius 3 is 2.42 bits per heavy atom. The van der Waals surface area contributed by atoms with Gasteiger partial charge in [-0.25, -0.2) is 4.98 Å². The van der Waals surface area contributed by atoms with Crippen molar-refractivity contribution in [2.75, 3.05) is 5.32 Å². The number of nitrogens with one attached hydrogen (secondary N) is 1. The molecule has 0 amide bonds. The molecule has 2 heterocycles. The SMILES string of the molecule is N[C@H]1CC[C@H](Nc2cc(C(C3CC3)C3CC3)nc3c(C4CC4)cnn23)C1. The van der Waals surface area contributed by atoms with Crippen molar-refractivity contribution >= 4 is 11.5 Å². The van der Waals surface area contributed by atoms with Crippen molar-refractivity contribution in [2.45, 2.75) is 81.7 Å². The molecule has 0 bridgehead atoms. The zero-order valence-electron chi connectivity index (χ0n) is 15.4. The van der Waals surface area contributed by atoms with Crippen LogP contribution in [0.4, 0.5) is 5.82 Å². The zero-order chi connectivity index (χ0) is 17.3. The van der Waals surface area contributed by atoms with E-state index in [1.165, 1.54) is 49.8 Å². The van der Waals surface area contributed by atoms with Gasteiger partial charge in [0.15, 0.2) is 5.65 Å². The molecule has 4 saturated carbocycles. The van der Waals surface area contributed by atoms with Crippen molar-refractivity contribution in [1.82, 2.24) is 14.6 Å². The number of anilines is 1. The third-order valence-electron chi connectivity index (χ3n) is 6.96. The van der Waals surface area contributed by atoms with Gasteiger partial charge in [-0.15, -0.1) is 0 Å². The highest BCUT2D eigenvalue weighted by atomic mass is 15.3. The Labute approximate surface area is 154 Å². The lowest BCUT2D eigenvalue weighted by molar-refractivity contribution is 0.524. The summed E-state index contributed by atoms with van der Waals surface area (Å²) in [6.07, 6.45) is 13.6. The quantitative estimate of drug-likeness (QED) is 0.830. The maximum atomic E-state index is 6.14. The first-order chi connectivity index (χ1) is 12.8. The van der Waals surface area contributed by atoms with E-state index in [9.17, 15) is 0 Å². The number of fused-ring (bicyclic) bond motifs is 1. The van der Waals surface area contributed by atoms with Crippen molar-refractivity contribution in [1.29, 1.82) is 0 Å². The van der Waals surface area contributed by atoms with Crippen molar-refractivity contribution in [3.63, 3.8) is 0 Å². The van der Waals surface area contributed by atoms with Crippen LogP contribution in [0.25, 0.3) is 5.65 Å². The van der Waals surface area contributed by atoms with Gasteiger partial charge in [-0.3, -0.25) is 0 Å². The van der Waals surface area contributed by atoms with Crippen LogP contribution in [0.3, 0.4) is 0 Å². The molecule has 2 atom stereocenters. The first kappa shape index (κ1) is 15.4. The minimum absolute atomic E-state index is 0.342. The van der Waals surface area contributed by atoms with Crippen LogP contribution in [0.2, 0.25) is 0 Å². The molecule has 3 N–H and O–H groups in total. The highest BCUT2D eigenvalue weighted by Gasteiger charge is 2.43. The molecule has 138 valence electrons. The number of nitrogens with zero attached hydrogens (tertiary/aromatic N) is 3. The van der Waals surface area contributed by atoms with E-state index in [-0.39, 0.29) is 0 Å². The molecule has 5 heteroatoms. The Morgan fingerprint density at radius 2 is 1.81 bits per heavy atom. The molecular weight excluding hydrogens is 322 g/mol. The molecule has 4 aliphatic rings. The van der Waals surface area contributed by atoms with E-state index in [0.29, 0.717) is 23.9 Å². The summed E-state index contributed by atoms with van der Waals surface area (Å²) in [7, 11) is 0. The summed E-state index contributed by atoms with van der Waals surface area (Å²) in [6, 6.07) is 3.13. The second kappa shape index (κ2) is 5.69. The molecule has 2 aromatic rings. The first-order valence-electron chi connectivity index (χ1n) is 10.7. The predicted molar refractivity (Wildman–Crippen MR) is 102 cm³/mol. The molecule has 0 aliphatic heterocycles. The van der Waals surface area contributed by atoms with Crippen molar-refractivity contribution < 1.29 is 0 Å². The van der Waals surface area contributed by atoms with Gasteiger partial charge in [-0.2, -0.15) is 9.61 Å². The van der Waals surface area contributed by atoms with Gasteiger partial charge in [0.25, 0.3) is 0 Å². The maximum absolute atomic E-state index is 6.14. The molecule has 0 saturated heterocycles. The van der Waals surface area contributed by atoms with Gasteiger partial charge < -0.3 is 11.1 Å². The fourth-order valence-electron chi connectivity index (χ4n) is 5.09. The van der Waals surface area contributed by atoms with Crippen LogP contribution >= 0.6 is 0 Å². The molecular formula is C21H29N5. The smallest absolute Gasteiger partial charge is 0.161 e. The molecule has 0 radical (unpaired) electrons. The summed E-state index contributed by atoms with van der Waals surface area (Å²) < 4.78 is 2.07. The number of aromatic nitrogens is 3. The van der Waals surface area contributed by atoms with Gasteiger partial charge in [-0.05, 0) is 75.5 Å². The van der Waals surface area contributed by atoms with Gasteiger partial charge in [-0.1, -0.05) is 0 Å². The summed E-state index contributed by atoms with van der Waals surface area (Å²) in [5.41, 5.74) is 9.95. The van der Waals surface area contributed by atoms with E-state index in [1.54, 1.807) is 0 Å². The topological polar surface area (TPSA) is 68.2 Å². The molecule has 4 aliphatic carbocycles. The fraction of sp³-hybridized carbons (Fsp3) is 0.714. The van der Waals surface area contributed by atoms with E-state index < -0.39 is 0 Å². The van der Waals surface area contributed by atoms with Crippen LogP contribution in [0.15, 0.2) is 12.3 Å². The van der Waals surface area contributed by atoms with Crippen molar-refractivity contribution in [3.8, 4) is 0 Å². The normalized spacial score (nSPS) is 29.0. The molecule has 6 rings (SSSR count). The highest BCUT2D eigenvalue weighted by Crippen LogP contribution is 2.54. The lowest BCUT2D eigenvalue weighted by Crippen LogP contribution is -2.22. The molecule has 5 nitrogen and oxygen atoms in total. The third kappa shape index (κ3) is 2.72. The fourth-order valence-corrected chi connectivity index (χ4v) is 5.09. The summed E-state index contributed by atoms with van der Waals surface area (Å²) >= 11 is 0. The van der Waals surface area contributed by atoms with Gasteiger partial charge in [0.2, 0.25) is 0 Å². The molecule has 0 spiro atoms. The molecule has 4 fully saturated rings. The van der Waals surface area contributed by atoms with Crippen LogP contribution in [0.1, 0.15) is 80.9 Å². The van der Waals surface area contributed by atoms with E-state index in [2.05, 4.69) is 22.1 Å². The number of hydrogen-bond donors (Lipinski definition) is 2. The lowest BCUT2D eigenvalue weighted by atomic mass is 9.93. The van der Waals surface area contributed by atoms with Crippen molar-refractivity contribution in [2.24, 2.45) is 17.6 Å². The first-order valence-corrected chi connectivity index (χ1v) is 10.7. The minimum atomic E-state index is 0.342. The van der Waals surface area contributed by atoms with Crippen LogP contribution in [0, 0.1) is 11.8 Å². The van der Waals surface area contributed by atoms with Gasteiger partial charge >= 0.3 is 0 Å². The molecule has 0 aromatic carbocycles. The molecule has 0 unspecified atom stereocenters. The largest absolute Gasteiger partial charge is 0.367 e. The van der Waals surface area contributed by atoms with Gasteiger partial charge in [0.05, 0.1) is 11.9 Å². The number of nitrogens with two attached hydrogens (primary N) is 1. The average molecular weight is 351 g/mol. The standard InChI is InChI=1S/C21H29N5/c22-15-7-8-16(9-15)24-19-10-18(20(13-3-4-13)14-5-6-14)25-21-17(12-1-2-12)11-23-26(19)21/h10-16,20,24H,1-9,22H2/t15-,16-/m0/s1. The van der Waals surface area contributed by atoms with Crippen LogP contribution < -0.4 is 11.1 Å². The second-order valence-corrected chi connectivity index (χ2v) is 9.29. The monoisotopic (exact) mass is 351 g/mol. The Balaban J connectivity index is 1.42. The number of rotatable bonds is 6. The van der Waals surface area contributed by atoms with Crippen molar-refractivity contribution in [3.05, 3.63) is 23.5 Å². The zero-order valence-corrected chi connectivity index (χ0v) is 15.4. The Kier molecular flexibility index (Phi) is 3.38. The summed E-state index contributed by atoms with van der Waals surface area (Å²) in [5.74, 6) is 4.24. The number of hydrogen-bond acceptors (Lipinski definition) is 4. The minimum Gasteiger partial charge on any atom is -0.367 e. The van der Waals surface area contributed by atoms with Crippen LogP contribution in [-0.2, 0) is 0 Å². The Bertz CT molecular complexity index is 818. The second-order valence-electron chi connectivity index (χ2n) is 9.29. The van der Waals surface area contributed by atoms with Gasteiger partial charge in [0, 0.05) is 29.6 Å². The highest BCUT2D eigenvalue weighted by molar-refractivity contribution is 5.57. The van der Waals surface area contributed by atoms with Crippen LogP contribution in [-0.4, -0.2) is 26.7 Å². The average Bonchev–Trinajstić information content (AvgIpc) is 3.50. The van der Waals surface area contributed by atoms with Gasteiger partial charge in [0.1, 0.15) is 5.82 Å². The van der Waals surface area contributed by atoms with Crippen LogP contribution in [0.5, 0.6) is 0 Å². The molecule has 26 heavy (non-hydrogen) atoms. The van der Waals surface area contributed by atoms with E-state index >= 15 is 0 Å². The molecule has 2 aromatic heterocycles. The summed E-state index contributed by atoms with van der Waals surface area (Å²) in [4.78, 5) is 5.21. The Morgan fingerprint density at radius 1 is 1.04 bits per heavy atom. The van der Waals surface area contributed by atoms with E-state index in [1.807, 2.05) is 0 Å². The maximum Gasteiger partial charge on any atom is 0.161 e. The predicted octanol–water partition coefficient (Wildman–Crippen LogP) is 3.80. The lowest BCUT2D eigenvalue weighted by Gasteiger charge is -2.20.